The topological polar surface area (TPSA) is 67.6 Å². The molecule has 1 aromatic rings. The van der Waals surface area contributed by atoms with E-state index in [1.165, 1.54) is 0 Å². The minimum atomic E-state index is -0.129. The van der Waals surface area contributed by atoms with Crippen molar-refractivity contribution in [2.75, 3.05) is 31.6 Å². The van der Waals surface area contributed by atoms with Gasteiger partial charge in [0.2, 0.25) is 5.91 Å². The lowest BCUT2D eigenvalue weighted by molar-refractivity contribution is -0.124. The van der Waals surface area contributed by atoms with Crippen LogP contribution in [-0.4, -0.2) is 38.7 Å². The van der Waals surface area contributed by atoms with Gasteiger partial charge in [-0.05, 0) is 18.6 Å². The molecule has 2 unspecified atom stereocenters. The van der Waals surface area contributed by atoms with Gasteiger partial charge in [0, 0.05) is 31.6 Å². The van der Waals surface area contributed by atoms with E-state index in [1.54, 1.807) is 7.11 Å². The first-order chi connectivity index (χ1) is 9.65. The first kappa shape index (κ1) is 20.8. The number of carbonyl (C=O) groups excluding carboxylic acids is 1. The van der Waals surface area contributed by atoms with Crippen LogP contribution in [0.2, 0.25) is 0 Å². The highest BCUT2D eigenvalue weighted by molar-refractivity contribution is 5.85. The molecule has 3 N–H and O–H groups in total. The molecule has 7 heteroatoms. The predicted octanol–water partition coefficient (Wildman–Crippen LogP) is 1.83. The standard InChI is InChI=1S/C15H23N3O2.2ClH/c1-11(9-16)15(19)17-12-7-8-18(10-12)13-5-3-4-6-14(13)20-2;;/h3-6,11-12H,7-10,16H2,1-2H3,(H,17,19);2*1H. The van der Waals surface area contributed by atoms with E-state index in [1.807, 2.05) is 31.2 Å². The van der Waals surface area contributed by atoms with Crippen molar-refractivity contribution in [3.63, 3.8) is 0 Å². The molecule has 0 saturated carbocycles. The number of ether oxygens (including phenoxy) is 1. The number of methoxy groups -OCH3 is 1. The zero-order chi connectivity index (χ0) is 14.5. The van der Waals surface area contributed by atoms with Crippen LogP contribution in [0.5, 0.6) is 5.75 Å². The summed E-state index contributed by atoms with van der Waals surface area (Å²) in [6.45, 7) is 3.96. The molecule has 5 nitrogen and oxygen atoms in total. The minimum Gasteiger partial charge on any atom is -0.495 e. The Kier molecular flexibility index (Phi) is 9.25. The SMILES string of the molecule is COc1ccccc1N1CCC(NC(=O)C(C)CN)C1.Cl.Cl. The van der Waals surface area contributed by atoms with Crippen molar-refractivity contribution in [3.8, 4) is 5.75 Å². The van der Waals surface area contributed by atoms with Crippen molar-refractivity contribution in [2.24, 2.45) is 11.7 Å². The number of hydrogen-bond acceptors (Lipinski definition) is 4. The Labute approximate surface area is 144 Å². The number of nitrogens with one attached hydrogen (secondary N) is 1. The van der Waals surface area contributed by atoms with Crippen molar-refractivity contribution < 1.29 is 9.53 Å². The maximum atomic E-state index is 11.9. The third kappa shape index (κ3) is 4.93. The fourth-order valence-electron chi connectivity index (χ4n) is 2.44. The molecule has 126 valence electrons. The number of nitrogens with two attached hydrogens (primary N) is 1. The lowest BCUT2D eigenvalue weighted by Gasteiger charge is -2.21. The second-order valence-electron chi connectivity index (χ2n) is 5.25. The van der Waals surface area contributed by atoms with Crippen LogP contribution >= 0.6 is 24.8 Å². The highest BCUT2D eigenvalue weighted by atomic mass is 35.5. The van der Waals surface area contributed by atoms with Gasteiger partial charge in [-0.2, -0.15) is 0 Å². The molecule has 2 atom stereocenters. The van der Waals surface area contributed by atoms with Gasteiger partial charge in [0.05, 0.1) is 12.8 Å². The zero-order valence-corrected chi connectivity index (χ0v) is 14.6. The van der Waals surface area contributed by atoms with Gasteiger partial charge in [0.15, 0.2) is 0 Å². The van der Waals surface area contributed by atoms with Crippen LogP contribution in [0.3, 0.4) is 0 Å². The monoisotopic (exact) mass is 349 g/mol. The highest BCUT2D eigenvalue weighted by Gasteiger charge is 2.26. The molecule has 1 fully saturated rings. The first-order valence-electron chi connectivity index (χ1n) is 7.04. The van der Waals surface area contributed by atoms with Gasteiger partial charge in [0.1, 0.15) is 5.75 Å². The highest BCUT2D eigenvalue weighted by Crippen LogP contribution is 2.30. The van der Waals surface area contributed by atoms with Crippen LogP contribution < -0.4 is 20.7 Å². The number of halogens is 2. The molecule has 2 rings (SSSR count). The molecule has 0 aliphatic carbocycles. The number of benzene rings is 1. The molecule has 1 heterocycles. The molecule has 1 aliphatic heterocycles. The summed E-state index contributed by atoms with van der Waals surface area (Å²) in [6, 6.07) is 8.14. The second-order valence-corrected chi connectivity index (χ2v) is 5.25. The van der Waals surface area contributed by atoms with E-state index < -0.39 is 0 Å². The molecule has 1 amide bonds. The van der Waals surface area contributed by atoms with Gasteiger partial charge in [-0.1, -0.05) is 19.1 Å². The van der Waals surface area contributed by atoms with E-state index in [9.17, 15) is 4.79 Å². The predicted molar refractivity (Wildman–Crippen MR) is 94.5 cm³/mol. The van der Waals surface area contributed by atoms with Gasteiger partial charge in [-0.3, -0.25) is 4.79 Å². The molecular weight excluding hydrogens is 325 g/mol. The molecule has 1 saturated heterocycles. The summed E-state index contributed by atoms with van der Waals surface area (Å²) in [7, 11) is 1.68. The molecule has 1 aliphatic rings. The average Bonchev–Trinajstić information content (AvgIpc) is 2.94. The summed E-state index contributed by atoms with van der Waals surface area (Å²) in [5.74, 6) is 0.782. The van der Waals surface area contributed by atoms with Crippen molar-refractivity contribution in [1.82, 2.24) is 5.32 Å². The van der Waals surface area contributed by atoms with Crippen molar-refractivity contribution >= 4 is 36.4 Å². The molecule has 0 radical (unpaired) electrons. The van der Waals surface area contributed by atoms with E-state index in [0.717, 1.165) is 30.9 Å². The maximum absolute atomic E-state index is 11.9. The zero-order valence-electron chi connectivity index (χ0n) is 13.0. The van der Waals surface area contributed by atoms with E-state index in [4.69, 9.17) is 10.5 Å². The summed E-state index contributed by atoms with van der Waals surface area (Å²) in [4.78, 5) is 14.1. The lowest BCUT2D eigenvalue weighted by atomic mass is 10.1. The number of nitrogens with zero attached hydrogens (tertiary/aromatic N) is 1. The molecule has 0 bridgehead atoms. The van der Waals surface area contributed by atoms with Crippen LogP contribution in [0, 0.1) is 5.92 Å². The Morgan fingerprint density at radius 3 is 2.77 bits per heavy atom. The van der Waals surface area contributed by atoms with Gasteiger partial charge < -0.3 is 20.7 Å². The largest absolute Gasteiger partial charge is 0.495 e. The van der Waals surface area contributed by atoms with Gasteiger partial charge in [-0.25, -0.2) is 0 Å². The maximum Gasteiger partial charge on any atom is 0.224 e. The number of para-hydroxylation sites is 2. The minimum absolute atomic E-state index is 0. The van der Waals surface area contributed by atoms with E-state index in [0.29, 0.717) is 6.54 Å². The molecule has 22 heavy (non-hydrogen) atoms. The van der Waals surface area contributed by atoms with Gasteiger partial charge in [0.25, 0.3) is 0 Å². The Bertz CT molecular complexity index is 474. The molecule has 0 spiro atoms. The van der Waals surface area contributed by atoms with Crippen LogP contribution in [0.15, 0.2) is 24.3 Å². The summed E-state index contributed by atoms with van der Waals surface area (Å²) >= 11 is 0. The summed E-state index contributed by atoms with van der Waals surface area (Å²) in [5, 5.41) is 3.07. The number of anilines is 1. The Morgan fingerprint density at radius 1 is 1.45 bits per heavy atom. The average molecular weight is 350 g/mol. The quantitative estimate of drug-likeness (QED) is 0.850. The number of amides is 1. The van der Waals surface area contributed by atoms with E-state index in [-0.39, 0.29) is 42.7 Å². The normalized spacial score (nSPS) is 18.0. The van der Waals surface area contributed by atoms with Gasteiger partial charge in [-0.15, -0.1) is 24.8 Å². The molecule has 1 aromatic carbocycles. The first-order valence-corrected chi connectivity index (χ1v) is 7.04. The van der Waals surface area contributed by atoms with Crippen molar-refractivity contribution in [3.05, 3.63) is 24.3 Å². The number of hydrogen-bond donors (Lipinski definition) is 2. The fraction of sp³-hybridized carbons (Fsp3) is 0.533. The fourth-order valence-corrected chi connectivity index (χ4v) is 2.44. The Hall–Kier alpha value is -1.17. The third-order valence-electron chi connectivity index (χ3n) is 3.76. The number of carbonyl (C=O) groups is 1. The van der Waals surface area contributed by atoms with Crippen LogP contribution in [-0.2, 0) is 4.79 Å². The van der Waals surface area contributed by atoms with Crippen LogP contribution in [0.1, 0.15) is 13.3 Å². The summed E-state index contributed by atoms with van der Waals surface area (Å²) in [5.41, 5.74) is 6.60. The molecule has 0 aromatic heterocycles. The number of rotatable bonds is 5. The van der Waals surface area contributed by atoms with Crippen LogP contribution in [0.25, 0.3) is 0 Å². The summed E-state index contributed by atoms with van der Waals surface area (Å²) < 4.78 is 5.38. The van der Waals surface area contributed by atoms with Crippen molar-refractivity contribution in [2.45, 2.75) is 19.4 Å². The summed E-state index contributed by atoms with van der Waals surface area (Å²) in [6.07, 6.45) is 0.946. The lowest BCUT2D eigenvalue weighted by Crippen LogP contribution is -2.41. The van der Waals surface area contributed by atoms with Crippen LogP contribution in [0.4, 0.5) is 5.69 Å². The van der Waals surface area contributed by atoms with Gasteiger partial charge >= 0.3 is 0 Å². The Balaban J connectivity index is 0.00000220. The van der Waals surface area contributed by atoms with E-state index >= 15 is 0 Å². The van der Waals surface area contributed by atoms with E-state index in [2.05, 4.69) is 10.2 Å². The third-order valence-corrected chi connectivity index (χ3v) is 3.76. The smallest absolute Gasteiger partial charge is 0.224 e. The second kappa shape index (κ2) is 9.77. The Morgan fingerprint density at radius 2 is 2.14 bits per heavy atom. The molecular formula is C15H25Cl2N3O2. The van der Waals surface area contributed by atoms with Crippen molar-refractivity contribution in [1.29, 1.82) is 0 Å².